The zero-order valence-electron chi connectivity index (χ0n) is 35.0. The Bertz CT molecular complexity index is 2010. The molecular formula is C47H57NO11. The van der Waals surface area contributed by atoms with Crippen LogP contribution in [0.2, 0.25) is 0 Å². The van der Waals surface area contributed by atoms with E-state index in [0.29, 0.717) is 18.6 Å². The van der Waals surface area contributed by atoms with Gasteiger partial charge in [0, 0.05) is 25.7 Å². The second kappa shape index (κ2) is 19.6. The predicted molar refractivity (Wildman–Crippen MR) is 219 cm³/mol. The Balaban J connectivity index is 1.21. The van der Waals surface area contributed by atoms with Crippen molar-refractivity contribution < 1.29 is 52.3 Å². The molecule has 2 amide bonds. The summed E-state index contributed by atoms with van der Waals surface area (Å²) in [6.45, 7) is 11.3. The minimum Gasteiger partial charge on any atom is -0.457 e. The highest BCUT2D eigenvalue weighted by Gasteiger charge is 2.53. The number of aliphatic hydroxyl groups excluding tert-OH is 1. The normalized spacial score (nSPS) is 23.3. The molecule has 0 saturated carbocycles. The number of imide groups is 1. The largest absolute Gasteiger partial charge is 0.457 e. The Morgan fingerprint density at radius 1 is 0.847 bits per heavy atom. The minimum absolute atomic E-state index is 0.0224. The number of furan rings is 1. The van der Waals surface area contributed by atoms with E-state index in [4.69, 9.17) is 32.8 Å². The molecule has 316 valence electrons. The van der Waals surface area contributed by atoms with Crippen LogP contribution in [-0.2, 0) is 52.9 Å². The topological polar surface area (TPSA) is 143 Å². The fraction of sp³-hybridized carbons (Fsp3) is 0.468. The van der Waals surface area contributed by atoms with Crippen LogP contribution in [0.5, 0.6) is 0 Å². The van der Waals surface area contributed by atoms with Crippen molar-refractivity contribution in [3.63, 3.8) is 0 Å². The molecule has 0 spiro atoms. The van der Waals surface area contributed by atoms with E-state index in [2.05, 4.69) is 0 Å². The van der Waals surface area contributed by atoms with Crippen LogP contribution in [-0.4, -0.2) is 90.5 Å². The van der Waals surface area contributed by atoms with Crippen molar-refractivity contribution in [3.05, 3.63) is 119 Å². The molecule has 7 unspecified atom stereocenters. The number of hydrogen-bond acceptors (Lipinski definition) is 11. The van der Waals surface area contributed by atoms with Gasteiger partial charge in [-0.25, -0.2) is 9.69 Å². The van der Waals surface area contributed by atoms with Gasteiger partial charge in [-0.15, -0.1) is 0 Å². The first-order valence-corrected chi connectivity index (χ1v) is 20.3. The zero-order valence-corrected chi connectivity index (χ0v) is 35.0. The third kappa shape index (κ3) is 10.2. The van der Waals surface area contributed by atoms with E-state index in [0.717, 1.165) is 32.7 Å². The number of methoxy groups -OCH3 is 1. The summed E-state index contributed by atoms with van der Waals surface area (Å²) < 4.78 is 43.4. The van der Waals surface area contributed by atoms with Crippen LogP contribution >= 0.6 is 0 Å². The number of hydrogen-bond donors (Lipinski definition) is 1. The molecule has 0 bridgehead atoms. The van der Waals surface area contributed by atoms with Gasteiger partial charge in [0.2, 0.25) is 11.7 Å². The standard InChI is InChI=1S/C47H57NO11/c1-29(2)43-47(5,6)59-46(52)48(43)44(51)31(4)39(50)37-25-35(34-21-14-16-30(3)24-34)36(57-37)22-15-23-54-42-41(56-28-33-19-12-9-13-20-33)40(38(26-49)58-45(42)53-7)55-27-32-17-10-8-11-18-32/h8-14,16-21,24-25,29,31,38,40-43,45,49H,15,22-23,26-28H2,1-7H3. The first kappa shape index (κ1) is 43.9. The lowest BCUT2D eigenvalue weighted by Crippen LogP contribution is -2.61. The lowest BCUT2D eigenvalue weighted by Gasteiger charge is -2.45. The van der Waals surface area contributed by atoms with Crippen molar-refractivity contribution >= 4 is 17.8 Å². The van der Waals surface area contributed by atoms with Crippen LogP contribution in [0, 0.1) is 18.8 Å². The molecule has 2 fully saturated rings. The summed E-state index contributed by atoms with van der Waals surface area (Å²) in [5.41, 5.74) is 3.62. The molecule has 1 N–H and O–H groups in total. The number of carbonyl (C=O) groups is 3. The molecule has 0 aliphatic carbocycles. The third-order valence-electron chi connectivity index (χ3n) is 11.0. The van der Waals surface area contributed by atoms with E-state index in [9.17, 15) is 19.5 Å². The van der Waals surface area contributed by atoms with Crippen molar-refractivity contribution in [1.82, 2.24) is 4.90 Å². The average molecular weight is 812 g/mol. The molecule has 12 nitrogen and oxygen atoms in total. The molecule has 2 aliphatic rings. The summed E-state index contributed by atoms with van der Waals surface area (Å²) in [4.78, 5) is 41.8. The number of ketones is 1. The van der Waals surface area contributed by atoms with Crippen molar-refractivity contribution in [2.75, 3.05) is 20.3 Å². The van der Waals surface area contributed by atoms with E-state index in [-0.39, 0.29) is 38.1 Å². The van der Waals surface area contributed by atoms with E-state index >= 15 is 0 Å². The molecule has 2 saturated heterocycles. The van der Waals surface area contributed by atoms with Crippen LogP contribution in [0.4, 0.5) is 4.79 Å². The highest BCUT2D eigenvalue weighted by Crippen LogP contribution is 2.37. The molecular weight excluding hydrogens is 755 g/mol. The quantitative estimate of drug-likeness (QED) is 0.0600. The number of benzene rings is 3. The smallest absolute Gasteiger partial charge is 0.417 e. The summed E-state index contributed by atoms with van der Waals surface area (Å²) in [7, 11) is 1.52. The molecule has 3 aromatic carbocycles. The van der Waals surface area contributed by atoms with Gasteiger partial charge in [-0.05, 0) is 62.8 Å². The molecule has 1 aromatic heterocycles. The van der Waals surface area contributed by atoms with E-state index < -0.39 is 66.1 Å². The number of ether oxygens (including phenoxy) is 6. The lowest BCUT2D eigenvalue weighted by molar-refractivity contribution is -0.319. The maximum Gasteiger partial charge on any atom is 0.417 e. The molecule has 12 heteroatoms. The van der Waals surface area contributed by atoms with Gasteiger partial charge in [-0.2, -0.15) is 0 Å². The lowest BCUT2D eigenvalue weighted by atomic mass is 9.88. The van der Waals surface area contributed by atoms with Crippen molar-refractivity contribution in [2.45, 2.75) is 110 Å². The monoisotopic (exact) mass is 811 g/mol. The first-order chi connectivity index (χ1) is 28.3. The third-order valence-corrected chi connectivity index (χ3v) is 11.0. The Labute approximate surface area is 346 Å². The number of nitrogens with zero attached hydrogens (tertiary/aromatic N) is 1. The van der Waals surface area contributed by atoms with Gasteiger partial charge in [0.1, 0.15) is 41.7 Å². The molecule has 2 aliphatic heterocycles. The summed E-state index contributed by atoms with van der Waals surface area (Å²) in [5, 5.41) is 10.4. The first-order valence-electron chi connectivity index (χ1n) is 20.3. The van der Waals surface area contributed by atoms with Crippen LogP contribution in [0.15, 0.2) is 95.4 Å². The maximum atomic E-state index is 14.0. The predicted octanol–water partition coefficient (Wildman–Crippen LogP) is 7.71. The van der Waals surface area contributed by atoms with Gasteiger partial charge >= 0.3 is 6.09 Å². The number of cyclic esters (lactones) is 1. The van der Waals surface area contributed by atoms with Crippen LogP contribution in [0.25, 0.3) is 11.1 Å². The Morgan fingerprint density at radius 2 is 1.49 bits per heavy atom. The zero-order chi connectivity index (χ0) is 42.3. The van der Waals surface area contributed by atoms with Gasteiger partial charge in [0.25, 0.3) is 0 Å². The summed E-state index contributed by atoms with van der Waals surface area (Å²) in [5.74, 6) is -1.89. The Kier molecular flexibility index (Phi) is 14.6. The summed E-state index contributed by atoms with van der Waals surface area (Å²) in [6, 6.07) is 28.5. The average Bonchev–Trinajstić information content (AvgIpc) is 3.77. The van der Waals surface area contributed by atoms with Crippen molar-refractivity contribution in [3.8, 4) is 11.1 Å². The molecule has 6 rings (SSSR count). The number of Topliss-reactive ketones (excluding diaryl/α,β-unsaturated/α-hetero) is 1. The van der Waals surface area contributed by atoms with E-state index in [1.807, 2.05) is 106 Å². The molecule has 4 aromatic rings. The second-order valence-corrected chi connectivity index (χ2v) is 16.2. The Morgan fingerprint density at radius 3 is 2.08 bits per heavy atom. The van der Waals surface area contributed by atoms with Crippen molar-refractivity contribution in [1.29, 1.82) is 0 Å². The van der Waals surface area contributed by atoms with Crippen LogP contribution in [0.1, 0.15) is 74.0 Å². The molecule has 3 heterocycles. The number of rotatable bonds is 18. The molecule has 0 radical (unpaired) electrons. The van der Waals surface area contributed by atoms with Gasteiger partial charge in [-0.3, -0.25) is 9.59 Å². The highest BCUT2D eigenvalue weighted by molar-refractivity contribution is 6.12. The number of carbonyl (C=O) groups excluding carboxylic acids is 3. The number of amides is 2. The van der Waals surface area contributed by atoms with E-state index in [1.54, 1.807) is 19.9 Å². The highest BCUT2D eigenvalue weighted by atomic mass is 16.7. The SMILES string of the molecule is COC1OC(CO)C(OCc2ccccc2)C(OCc2ccccc2)C1OCCCc1oc(C(=O)C(C)C(=O)N2C(=O)OC(C)(C)C2C(C)C)cc1-c1cccc(C)c1. The fourth-order valence-electron chi connectivity index (χ4n) is 8.18. The minimum atomic E-state index is -1.20. The summed E-state index contributed by atoms with van der Waals surface area (Å²) >= 11 is 0. The molecule has 59 heavy (non-hydrogen) atoms. The van der Waals surface area contributed by atoms with Gasteiger partial charge in [0.05, 0.1) is 25.9 Å². The molecule has 7 atom stereocenters. The number of aryl methyl sites for hydroxylation is 2. The fourth-order valence-corrected chi connectivity index (χ4v) is 8.18. The second-order valence-electron chi connectivity index (χ2n) is 16.2. The van der Waals surface area contributed by atoms with Crippen LogP contribution in [0.3, 0.4) is 0 Å². The van der Waals surface area contributed by atoms with Crippen LogP contribution < -0.4 is 0 Å². The van der Waals surface area contributed by atoms with Crippen molar-refractivity contribution in [2.24, 2.45) is 11.8 Å². The summed E-state index contributed by atoms with van der Waals surface area (Å²) in [6.07, 6.45) is -3.63. The number of aliphatic hydroxyl groups is 1. The maximum absolute atomic E-state index is 14.0. The van der Waals surface area contributed by atoms with Gasteiger partial charge in [0.15, 0.2) is 12.1 Å². The Hall–Kier alpha value is -4.69. The van der Waals surface area contributed by atoms with Gasteiger partial charge < -0.3 is 37.9 Å². The van der Waals surface area contributed by atoms with E-state index in [1.165, 1.54) is 14.0 Å². The van der Waals surface area contributed by atoms with Gasteiger partial charge in [-0.1, -0.05) is 104 Å².